The molecule has 0 N–H and O–H groups in total. The predicted molar refractivity (Wildman–Crippen MR) is 97.4 cm³/mol. The monoisotopic (exact) mass is 327 g/mol. The van der Waals surface area contributed by atoms with Gasteiger partial charge in [0.15, 0.2) is 5.78 Å². The van der Waals surface area contributed by atoms with Gasteiger partial charge in [0, 0.05) is 11.1 Å². The van der Waals surface area contributed by atoms with Crippen LogP contribution in [0.15, 0.2) is 48.5 Å². The normalized spacial score (nSPS) is 11.5. The van der Waals surface area contributed by atoms with E-state index >= 15 is 0 Å². The van der Waals surface area contributed by atoms with Crippen molar-refractivity contribution in [2.24, 2.45) is 0 Å². The number of hydrogen-bond donors (Lipinski definition) is 0. The molecule has 0 atom stereocenters. The van der Waals surface area contributed by atoms with Crippen molar-refractivity contribution in [2.75, 3.05) is 0 Å². The van der Waals surface area contributed by atoms with Crippen molar-refractivity contribution >= 4 is 28.1 Å². The van der Waals surface area contributed by atoms with E-state index in [1.54, 1.807) is 0 Å². The lowest BCUT2D eigenvalue weighted by Crippen LogP contribution is -2.37. The third-order valence-electron chi connectivity index (χ3n) is 3.22. The molecule has 0 aliphatic rings. The molecule has 2 aromatic rings. The first kappa shape index (κ1) is 16.7. The maximum atomic E-state index is 12.9. The van der Waals surface area contributed by atoms with Crippen LogP contribution in [0.5, 0.6) is 5.75 Å². The minimum Gasteiger partial charge on any atom is -0.544 e. The highest BCUT2D eigenvalue weighted by Crippen LogP contribution is 2.19. The van der Waals surface area contributed by atoms with Gasteiger partial charge in [-0.15, -0.1) is 0 Å². The van der Waals surface area contributed by atoms with Crippen LogP contribution in [-0.4, -0.2) is 22.9 Å². The van der Waals surface area contributed by atoms with Crippen molar-refractivity contribution < 1.29 is 9.22 Å². The first-order chi connectivity index (χ1) is 10.3. The second-order valence-electron chi connectivity index (χ2n) is 6.59. The third-order valence-corrected chi connectivity index (χ3v) is 5.57. The summed E-state index contributed by atoms with van der Waals surface area (Å²) >= 11 is 0. The fraction of sp³-hybridized carbons (Fsp3) is 0.278. The predicted octanol–water partition coefficient (Wildman–Crippen LogP) is 4.09. The van der Waals surface area contributed by atoms with E-state index in [0.29, 0.717) is 0 Å². The minimum absolute atomic E-state index is 0.0859. The van der Waals surface area contributed by atoms with E-state index in [1.165, 1.54) is 0 Å². The summed E-state index contributed by atoms with van der Waals surface area (Å²) in [6.45, 7) is 10.9. The maximum Gasteiger partial charge on any atom is 0.242 e. The highest BCUT2D eigenvalue weighted by Gasteiger charge is 2.24. The number of rotatable bonds is 5. The molecule has 0 aliphatic heterocycles. The number of carbonyl (C=O) groups is 1. The van der Waals surface area contributed by atoms with E-state index in [2.05, 4.69) is 32.7 Å². The van der Waals surface area contributed by atoms with Crippen LogP contribution in [0.3, 0.4) is 0 Å². The topological polar surface area (TPSA) is 26.3 Å². The van der Waals surface area contributed by atoms with E-state index in [1.807, 2.05) is 48.5 Å². The second-order valence-corrected chi connectivity index (χ2v) is 13.5. The summed E-state index contributed by atoms with van der Waals surface area (Å²) in [7, 11) is -2.53. The van der Waals surface area contributed by atoms with E-state index in [4.69, 9.17) is 4.43 Å². The lowest BCUT2D eigenvalue weighted by Gasteiger charge is -2.24. The number of benzene rings is 2. The van der Waals surface area contributed by atoms with Crippen LogP contribution in [0, 0.1) is 0 Å². The molecular formula is C18H23O2Si2. The third kappa shape index (κ3) is 3.96. The van der Waals surface area contributed by atoms with Crippen LogP contribution in [0.1, 0.15) is 15.9 Å². The molecule has 0 heterocycles. The molecule has 0 aromatic heterocycles. The van der Waals surface area contributed by atoms with E-state index in [-0.39, 0.29) is 5.78 Å². The van der Waals surface area contributed by atoms with Crippen molar-refractivity contribution in [3.8, 4) is 5.75 Å². The molecule has 2 rings (SSSR count). The first-order valence-corrected chi connectivity index (χ1v) is 13.4. The van der Waals surface area contributed by atoms with Gasteiger partial charge in [0.2, 0.25) is 8.32 Å². The van der Waals surface area contributed by atoms with Crippen molar-refractivity contribution in [3.05, 3.63) is 59.7 Å². The lowest BCUT2D eigenvalue weighted by atomic mass is 10.0. The van der Waals surface area contributed by atoms with Crippen molar-refractivity contribution in [2.45, 2.75) is 32.7 Å². The summed E-state index contributed by atoms with van der Waals surface area (Å²) in [5.74, 6) is 0.989. The van der Waals surface area contributed by atoms with Crippen LogP contribution in [0.4, 0.5) is 0 Å². The molecule has 0 aliphatic carbocycles. The van der Waals surface area contributed by atoms with Crippen LogP contribution in [0.2, 0.25) is 32.7 Å². The Bertz CT molecular complexity index is 659. The molecule has 2 aromatic carbocycles. The highest BCUT2D eigenvalue weighted by molar-refractivity contribution is 6.74. The Morgan fingerprint density at radius 1 is 0.955 bits per heavy atom. The molecule has 2 nitrogen and oxygen atoms in total. The van der Waals surface area contributed by atoms with Crippen molar-refractivity contribution in [3.63, 3.8) is 0 Å². The zero-order chi connectivity index (χ0) is 16.3. The quantitative estimate of drug-likeness (QED) is 0.610. The van der Waals surface area contributed by atoms with Gasteiger partial charge in [-0.2, -0.15) is 0 Å². The molecule has 0 fully saturated rings. The fourth-order valence-corrected chi connectivity index (χ4v) is 4.69. The molecule has 0 spiro atoms. The number of hydrogen-bond acceptors (Lipinski definition) is 2. The van der Waals surface area contributed by atoms with Gasteiger partial charge in [0.1, 0.15) is 5.75 Å². The van der Waals surface area contributed by atoms with Crippen LogP contribution in [-0.2, 0) is 0 Å². The van der Waals surface area contributed by atoms with Crippen LogP contribution in [0.25, 0.3) is 0 Å². The molecule has 115 valence electrons. The first-order valence-electron chi connectivity index (χ1n) is 7.52. The maximum absolute atomic E-state index is 12.9. The zero-order valence-corrected chi connectivity index (χ0v) is 15.9. The summed E-state index contributed by atoms with van der Waals surface area (Å²) in [6, 6.07) is 15.3. The molecular weight excluding hydrogens is 304 g/mol. The lowest BCUT2D eigenvalue weighted by molar-refractivity contribution is 0.103. The Balaban J connectivity index is 2.52. The summed E-state index contributed by atoms with van der Waals surface area (Å²) < 4.78 is 6.23. The molecule has 4 heteroatoms. The van der Waals surface area contributed by atoms with E-state index < -0.39 is 17.1 Å². The fourth-order valence-electron chi connectivity index (χ4n) is 2.40. The van der Waals surface area contributed by atoms with Crippen molar-refractivity contribution in [1.29, 1.82) is 0 Å². The average molecular weight is 328 g/mol. The van der Waals surface area contributed by atoms with Gasteiger partial charge in [0.25, 0.3) is 0 Å². The largest absolute Gasteiger partial charge is 0.544 e. The molecule has 0 bridgehead atoms. The van der Waals surface area contributed by atoms with Gasteiger partial charge in [-0.05, 0) is 30.9 Å². The Hall–Kier alpha value is -1.66. The van der Waals surface area contributed by atoms with Gasteiger partial charge in [0.05, 0.1) is 8.80 Å². The Kier molecular flexibility index (Phi) is 5.03. The highest BCUT2D eigenvalue weighted by atomic mass is 28.4. The molecule has 22 heavy (non-hydrogen) atoms. The zero-order valence-electron chi connectivity index (χ0n) is 13.9. The molecule has 0 saturated carbocycles. The summed E-state index contributed by atoms with van der Waals surface area (Å²) in [6.07, 6.45) is 0. The van der Waals surface area contributed by atoms with Gasteiger partial charge in [-0.3, -0.25) is 4.79 Å². The average Bonchev–Trinajstić information content (AvgIpc) is 2.45. The second kappa shape index (κ2) is 6.63. The minimum atomic E-state index is -1.71. The molecule has 0 amide bonds. The SMILES string of the molecule is C[Si](C)c1c(O[Si](C)(C)C)cccc1C(=O)c1ccccc1. The molecule has 0 unspecified atom stereocenters. The Morgan fingerprint density at radius 2 is 1.59 bits per heavy atom. The van der Waals surface area contributed by atoms with E-state index in [9.17, 15) is 4.79 Å². The van der Waals surface area contributed by atoms with Crippen LogP contribution >= 0.6 is 0 Å². The van der Waals surface area contributed by atoms with Crippen molar-refractivity contribution in [1.82, 2.24) is 0 Å². The van der Waals surface area contributed by atoms with Gasteiger partial charge >= 0.3 is 0 Å². The summed E-state index contributed by atoms with van der Waals surface area (Å²) in [4.78, 5) is 12.9. The number of carbonyl (C=O) groups excluding carboxylic acids is 1. The van der Waals surface area contributed by atoms with E-state index in [0.717, 1.165) is 22.1 Å². The standard InChI is InChI=1S/C18H23O2Si2/c1-21(2)18-15(17(19)14-10-7-6-8-11-14)12-9-13-16(18)20-22(3,4)5/h6-13H,1-5H3. The number of ketones is 1. The smallest absolute Gasteiger partial charge is 0.242 e. The summed E-state index contributed by atoms with van der Waals surface area (Å²) in [5.41, 5.74) is 1.53. The molecule has 0 saturated heterocycles. The van der Waals surface area contributed by atoms with Gasteiger partial charge < -0.3 is 4.43 Å². The van der Waals surface area contributed by atoms with Crippen LogP contribution < -0.4 is 9.61 Å². The van der Waals surface area contributed by atoms with Gasteiger partial charge in [-0.1, -0.05) is 55.6 Å². The summed E-state index contributed by atoms with van der Waals surface area (Å²) in [5, 5.41) is 1.11. The van der Waals surface area contributed by atoms with Gasteiger partial charge in [-0.25, -0.2) is 0 Å². The Labute approximate surface area is 135 Å². The molecule has 1 radical (unpaired) electrons. The Morgan fingerprint density at radius 3 is 2.14 bits per heavy atom.